The van der Waals surface area contributed by atoms with E-state index in [1.807, 2.05) is 16.8 Å². The van der Waals surface area contributed by atoms with Gasteiger partial charge in [0, 0.05) is 21.7 Å². The van der Waals surface area contributed by atoms with Crippen LogP contribution in [0.4, 0.5) is 16.5 Å². The van der Waals surface area contributed by atoms with Gasteiger partial charge in [0.2, 0.25) is 0 Å². The third-order valence-electron chi connectivity index (χ3n) is 2.52. The van der Waals surface area contributed by atoms with E-state index in [9.17, 15) is 4.79 Å². The number of amides is 2. The van der Waals surface area contributed by atoms with Crippen LogP contribution in [-0.2, 0) is 0 Å². The summed E-state index contributed by atoms with van der Waals surface area (Å²) in [7, 11) is 0. The molecule has 2 amide bonds. The Hall–Kier alpha value is -2.38. The minimum Gasteiger partial charge on any atom is -0.403 e. The first kappa shape index (κ1) is 13.6. The molecule has 0 aliphatic carbocycles. The number of carbonyl (C=O) groups excluding carboxylic acids is 1. The summed E-state index contributed by atoms with van der Waals surface area (Å²) in [6.07, 6.45) is 0. The quantitative estimate of drug-likeness (QED) is 0.761. The van der Waals surface area contributed by atoms with Crippen LogP contribution in [0.25, 0.3) is 11.5 Å². The molecule has 2 aromatic heterocycles. The van der Waals surface area contributed by atoms with Gasteiger partial charge in [0.05, 0.1) is 0 Å². The summed E-state index contributed by atoms with van der Waals surface area (Å²) in [4.78, 5) is 11.8. The fraction of sp³-hybridized carbons (Fsp3) is 0. The van der Waals surface area contributed by atoms with E-state index in [4.69, 9.17) is 16.0 Å². The summed E-state index contributed by atoms with van der Waals surface area (Å²) in [5.74, 6) is 0.359. The van der Waals surface area contributed by atoms with Crippen LogP contribution in [0.3, 0.4) is 0 Å². The van der Waals surface area contributed by atoms with Gasteiger partial charge in [-0.05, 0) is 35.7 Å². The number of carbonyl (C=O) groups is 1. The standard InChI is InChI=1S/C13H9ClN4O2S/c14-9-1-3-10(4-2-9)15-12(19)16-13-18-17-11(20-13)8-5-6-21-7-8/h1-7H,(H2,15,16,18,19). The van der Waals surface area contributed by atoms with Crippen LogP contribution in [0.2, 0.25) is 5.02 Å². The van der Waals surface area contributed by atoms with Crippen LogP contribution in [0.5, 0.6) is 0 Å². The lowest BCUT2D eigenvalue weighted by molar-refractivity contribution is 0.261. The van der Waals surface area contributed by atoms with Crippen molar-refractivity contribution < 1.29 is 9.21 Å². The van der Waals surface area contributed by atoms with E-state index in [2.05, 4.69) is 20.8 Å². The summed E-state index contributed by atoms with van der Waals surface area (Å²) < 4.78 is 5.35. The first-order valence-corrected chi connectivity index (χ1v) is 7.22. The van der Waals surface area contributed by atoms with Crippen molar-refractivity contribution in [3.05, 3.63) is 46.1 Å². The van der Waals surface area contributed by atoms with E-state index in [-0.39, 0.29) is 6.01 Å². The maximum atomic E-state index is 11.8. The molecule has 0 saturated carbocycles. The largest absolute Gasteiger partial charge is 0.403 e. The van der Waals surface area contributed by atoms with Crippen LogP contribution in [0.1, 0.15) is 0 Å². The van der Waals surface area contributed by atoms with E-state index in [1.54, 1.807) is 24.3 Å². The van der Waals surface area contributed by atoms with Crippen molar-refractivity contribution >= 4 is 40.7 Å². The third-order valence-corrected chi connectivity index (χ3v) is 3.45. The smallest absolute Gasteiger partial charge is 0.327 e. The highest BCUT2D eigenvalue weighted by molar-refractivity contribution is 7.08. The van der Waals surface area contributed by atoms with Crippen LogP contribution in [-0.4, -0.2) is 16.2 Å². The molecule has 8 heteroatoms. The predicted molar refractivity (Wildman–Crippen MR) is 81.7 cm³/mol. The number of nitrogens with one attached hydrogen (secondary N) is 2. The second-order valence-corrected chi connectivity index (χ2v) is 5.23. The number of anilines is 2. The molecule has 0 aliphatic heterocycles. The summed E-state index contributed by atoms with van der Waals surface area (Å²) in [6, 6.07) is 8.15. The molecule has 0 spiro atoms. The van der Waals surface area contributed by atoms with Gasteiger partial charge in [0.25, 0.3) is 5.89 Å². The lowest BCUT2D eigenvalue weighted by atomic mass is 10.3. The molecule has 0 saturated heterocycles. The molecular formula is C13H9ClN4O2S. The maximum Gasteiger partial charge on any atom is 0.327 e. The zero-order valence-electron chi connectivity index (χ0n) is 10.5. The van der Waals surface area contributed by atoms with Crippen molar-refractivity contribution in [1.82, 2.24) is 10.2 Å². The number of nitrogens with zero attached hydrogens (tertiary/aromatic N) is 2. The Balaban J connectivity index is 1.64. The number of aromatic nitrogens is 2. The second-order valence-electron chi connectivity index (χ2n) is 4.01. The van der Waals surface area contributed by atoms with Gasteiger partial charge in [-0.15, -0.1) is 5.10 Å². The zero-order valence-corrected chi connectivity index (χ0v) is 12.1. The van der Waals surface area contributed by atoms with E-state index >= 15 is 0 Å². The molecule has 3 aromatic rings. The number of urea groups is 1. The second kappa shape index (κ2) is 5.94. The molecule has 106 valence electrons. The molecule has 21 heavy (non-hydrogen) atoms. The average molecular weight is 321 g/mol. The Kier molecular flexibility index (Phi) is 3.85. The summed E-state index contributed by atoms with van der Waals surface area (Å²) in [6.45, 7) is 0. The van der Waals surface area contributed by atoms with Gasteiger partial charge in [-0.2, -0.15) is 11.3 Å². The highest BCUT2D eigenvalue weighted by Gasteiger charge is 2.11. The Morgan fingerprint density at radius 3 is 2.67 bits per heavy atom. The lowest BCUT2D eigenvalue weighted by Gasteiger charge is -2.04. The van der Waals surface area contributed by atoms with Gasteiger partial charge < -0.3 is 9.73 Å². The van der Waals surface area contributed by atoms with Crippen molar-refractivity contribution in [3.8, 4) is 11.5 Å². The molecule has 0 atom stereocenters. The number of thiophene rings is 1. The van der Waals surface area contributed by atoms with E-state index in [0.29, 0.717) is 16.6 Å². The number of hydrogen-bond acceptors (Lipinski definition) is 5. The predicted octanol–water partition coefficient (Wildman–Crippen LogP) is 4.10. The Bertz CT molecular complexity index is 740. The molecule has 0 bridgehead atoms. The first-order valence-electron chi connectivity index (χ1n) is 5.90. The van der Waals surface area contributed by atoms with Crippen LogP contribution in [0.15, 0.2) is 45.5 Å². The van der Waals surface area contributed by atoms with Crippen molar-refractivity contribution in [1.29, 1.82) is 0 Å². The van der Waals surface area contributed by atoms with Crippen molar-refractivity contribution in [2.45, 2.75) is 0 Å². The van der Waals surface area contributed by atoms with Crippen molar-refractivity contribution in [2.75, 3.05) is 10.6 Å². The van der Waals surface area contributed by atoms with Gasteiger partial charge in [-0.3, -0.25) is 5.32 Å². The average Bonchev–Trinajstić information content (AvgIpc) is 3.12. The fourth-order valence-electron chi connectivity index (χ4n) is 1.57. The molecule has 1 aromatic carbocycles. The molecule has 0 fully saturated rings. The van der Waals surface area contributed by atoms with E-state index in [1.165, 1.54) is 11.3 Å². The van der Waals surface area contributed by atoms with Gasteiger partial charge in [0.15, 0.2) is 0 Å². The number of halogens is 1. The summed E-state index contributed by atoms with van der Waals surface area (Å²) >= 11 is 7.29. The number of benzene rings is 1. The molecule has 3 rings (SSSR count). The summed E-state index contributed by atoms with van der Waals surface area (Å²) in [5, 5.41) is 17.1. The molecule has 0 aliphatic rings. The maximum absolute atomic E-state index is 11.8. The SMILES string of the molecule is O=C(Nc1ccc(Cl)cc1)Nc1nnc(-c2ccsc2)o1. The highest BCUT2D eigenvalue weighted by atomic mass is 35.5. The Labute approximate surface area is 128 Å². The van der Waals surface area contributed by atoms with Crippen LogP contribution < -0.4 is 10.6 Å². The third kappa shape index (κ3) is 3.39. The number of rotatable bonds is 3. The molecule has 2 heterocycles. The number of hydrogen-bond donors (Lipinski definition) is 2. The minimum atomic E-state index is -0.474. The zero-order chi connectivity index (χ0) is 14.7. The molecule has 0 radical (unpaired) electrons. The van der Waals surface area contributed by atoms with Crippen molar-refractivity contribution in [3.63, 3.8) is 0 Å². The lowest BCUT2D eigenvalue weighted by Crippen LogP contribution is -2.19. The first-order chi connectivity index (χ1) is 10.2. The fourth-order valence-corrected chi connectivity index (χ4v) is 2.32. The summed E-state index contributed by atoms with van der Waals surface area (Å²) in [5.41, 5.74) is 1.42. The van der Waals surface area contributed by atoms with Gasteiger partial charge >= 0.3 is 12.0 Å². The minimum absolute atomic E-state index is 0.0302. The van der Waals surface area contributed by atoms with Crippen molar-refractivity contribution in [2.24, 2.45) is 0 Å². The van der Waals surface area contributed by atoms with Gasteiger partial charge in [-0.1, -0.05) is 16.7 Å². The Morgan fingerprint density at radius 2 is 1.95 bits per heavy atom. The molecule has 0 unspecified atom stereocenters. The molecular weight excluding hydrogens is 312 g/mol. The molecule has 2 N–H and O–H groups in total. The highest BCUT2D eigenvalue weighted by Crippen LogP contribution is 2.22. The topological polar surface area (TPSA) is 80.0 Å². The van der Waals surface area contributed by atoms with Crippen LogP contribution >= 0.6 is 22.9 Å². The van der Waals surface area contributed by atoms with E-state index in [0.717, 1.165) is 5.56 Å². The normalized spacial score (nSPS) is 10.3. The molecule has 6 nitrogen and oxygen atoms in total. The van der Waals surface area contributed by atoms with Gasteiger partial charge in [0.1, 0.15) is 0 Å². The Morgan fingerprint density at radius 1 is 1.14 bits per heavy atom. The van der Waals surface area contributed by atoms with E-state index < -0.39 is 6.03 Å². The van der Waals surface area contributed by atoms with Gasteiger partial charge in [-0.25, -0.2) is 4.79 Å². The van der Waals surface area contributed by atoms with Crippen LogP contribution in [0, 0.1) is 0 Å². The monoisotopic (exact) mass is 320 g/mol.